The molecule has 2 heterocycles. The van der Waals surface area contributed by atoms with Gasteiger partial charge in [0.1, 0.15) is 66.2 Å². The Kier molecular flexibility index (Phi) is 35.6. The minimum atomic E-state index is -1.71. The van der Waals surface area contributed by atoms with Crippen LogP contribution in [0, 0.1) is 29.6 Å². The topological polar surface area (TPSA) is 329 Å². The molecule has 27 heteroatoms. The zero-order valence-corrected chi connectivity index (χ0v) is 67.2. The second-order valence-electron chi connectivity index (χ2n) is 32.4. The quantitative estimate of drug-likeness (QED) is 0.112. The second-order valence-corrected chi connectivity index (χ2v) is 32.4. The predicted molar refractivity (Wildman–Crippen MR) is 406 cm³/mol. The number of likely N-dealkylation sites (N-methyl/N-ethyl adjacent to an activating group) is 6. The van der Waals surface area contributed by atoms with Gasteiger partial charge in [-0.05, 0) is 138 Å². The molecule has 2 aliphatic rings. The molecule has 12 amide bonds. The highest BCUT2D eigenvalue weighted by atomic mass is 16.5. The Bertz CT molecular complexity index is 3260. The minimum Gasteiger partial charge on any atom is -0.508 e. The van der Waals surface area contributed by atoms with E-state index in [-0.39, 0.29) is 99.7 Å². The highest BCUT2D eigenvalue weighted by Crippen LogP contribution is 2.25. The first-order valence-electron chi connectivity index (χ1n) is 37.9. The van der Waals surface area contributed by atoms with E-state index in [4.69, 9.17) is 4.74 Å². The molecule has 0 spiro atoms. The number of nitrogens with one attached hydrogen (secondary N) is 4. The van der Waals surface area contributed by atoms with Crippen LogP contribution in [-0.2, 0) is 75.1 Å². The van der Waals surface area contributed by atoms with Crippen molar-refractivity contribution in [2.24, 2.45) is 29.6 Å². The predicted octanol–water partition coefficient (Wildman–Crippen LogP) is 5.16. The molecule has 2 fully saturated rings. The van der Waals surface area contributed by atoms with E-state index in [1.54, 1.807) is 68.1 Å². The van der Waals surface area contributed by atoms with Gasteiger partial charge in [0.15, 0.2) is 0 Å². The molecule has 106 heavy (non-hydrogen) atoms. The normalized spacial score (nSPS) is 24.8. The zero-order chi connectivity index (χ0) is 79.9. The number of ether oxygens (including phenoxy) is 1. The van der Waals surface area contributed by atoms with Gasteiger partial charge in [-0.15, -0.1) is 0 Å². The van der Waals surface area contributed by atoms with Gasteiger partial charge in [-0.25, -0.2) is 0 Å². The summed E-state index contributed by atoms with van der Waals surface area (Å²) in [5.74, 6) is -9.40. The number of aliphatic hydroxyl groups excluding tert-OH is 1. The molecule has 0 saturated carbocycles. The van der Waals surface area contributed by atoms with Gasteiger partial charge in [-0.1, -0.05) is 112 Å². The van der Waals surface area contributed by atoms with Crippen LogP contribution in [-0.4, -0.2) is 268 Å². The summed E-state index contributed by atoms with van der Waals surface area (Å²) >= 11 is 0. The molecule has 2 aromatic carbocycles. The van der Waals surface area contributed by atoms with E-state index in [1.165, 1.54) is 92.9 Å². The third kappa shape index (κ3) is 27.2. The maximum absolute atomic E-state index is 15.6. The van der Waals surface area contributed by atoms with Crippen LogP contribution in [0.4, 0.5) is 0 Å². The van der Waals surface area contributed by atoms with E-state index >= 15 is 43.2 Å². The van der Waals surface area contributed by atoms with Gasteiger partial charge in [0.25, 0.3) is 0 Å². The van der Waals surface area contributed by atoms with Crippen LogP contribution in [0.15, 0.2) is 54.6 Å². The number of aliphatic hydroxyl groups is 1. The zero-order valence-electron chi connectivity index (χ0n) is 67.2. The molecular formula is C79H128N12O15. The summed E-state index contributed by atoms with van der Waals surface area (Å²) in [6, 6.07) is 1.25. The Morgan fingerprint density at radius 1 is 0.453 bits per heavy atom. The lowest BCUT2D eigenvalue weighted by molar-refractivity contribution is -0.152. The number of carbonyl (C=O) groups is 12. The van der Waals surface area contributed by atoms with Gasteiger partial charge in [0.2, 0.25) is 70.9 Å². The molecule has 594 valence electrons. The summed E-state index contributed by atoms with van der Waals surface area (Å²) < 4.78 is 6.24. The van der Waals surface area contributed by atoms with E-state index in [0.29, 0.717) is 37.1 Å². The number of aromatic hydroxyl groups is 1. The van der Waals surface area contributed by atoms with Crippen molar-refractivity contribution >= 4 is 70.9 Å². The summed E-state index contributed by atoms with van der Waals surface area (Å²) in [5.41, 5.74) is 0.270. The largest absolute Gasteiger partial charge is 0.508 e. The lowest BCUT2D eigenvalue weighted by atomic mass is 9.96. The molecule has 27 nitrogen and oxygen atoms in total. The number of piperidine rings is 1. The Labute approximate surface area is 630 Å². The van der Waals surface area contributed by atoms with Gasteiger partial charge in [0.05, 0.1) is 24.7 Å². The maximum Gasteiger partial charge on any atom is 0.248 e. The Balaban J connectivity index is 1.99. The molecular weight excluding hydrogens is 1360 g/mol. The Morgan fingerprint density at radius 3 is 1.35 bits per heavy atom. The number of hydrogen-bond acceptors (Lipinski definition) is 15. The number of rotatable bonds is 18. The minimum absolute atomic E-state index is 0.00537. The van der Waals surface area contributed by atoms with Crippen LogP contribution < -0.4 is 21.3 Å². The molecule has 11 atom stereocenters. The van der Waals surface area contributed by atoms with E-state index in [2.05, 4.69) is 21.3 Å². The van der Waals surface area contributed by atoms with Crippen LogP contribution in [0.5, 0.6) is 5.75 Å². The van der Waals surface area contributed by atoms with Crippen molar-refractivity contribution in [3.8, 4) is 5.75 Å². The molecule has 2 aromatic rings. The number of phenolic OH excluding ortho intramolecular Hbond substituents is 1. The molecule has 6 N–H and O–H groups in total. The van der Waals surface area contributed by atoms with Crippen molar-refractivity contribution in [2.75, 3.05) is 75.6 Å². The fourth-order valence-electron chi connectivity index (χ4n) is 13.4. The van der Waals surface area contributed by atoms with Crippen molar-refractivity contribution in [2.45, 2.75) is 253 Å². The van der Waals surface area contributed by atoms with E-state index in [9.17, 15) is 24.6 Å². The average Bonchev–Trinajstić information content (AvgIpc) is 0.813. The van der Waals surface area contributed by atoms with Crippen LogP contribution >= 0.6 is 0 Å². The third-order valence-electron chi connectivity index (χ3n) is 19.8. The molecule has 0 radical (unpaired) electrons. The highest BCUT2D eigenvalue weighted by Gasteiger charge is 2.45. The number of hydrogen-bond donors (Lipinski definition) is 6. The third-order valence-corrected chi connectivity index (χ3v) is 19.8. The molecule has 2 aliphatic heterocycles. The Hall–Kier alpha value is -8.20. The van der Waals surface area contributed by atoms with Gasteiger partial charge in [-0.3, -0.25) is 57.5 Å². The molecule has 0 aromatic heterocycles. The van der Waals surface area contributed by atoms with E-state index in [1.807, 2.05) is 69.2 Å². The van der Waals surface area contributed by atoms with Gasteiger partial charge < -0.3 is 75.4 Å². The van der Waals surface area contributed by atoms with Crippen LogP contribution in [0.2, 0.25) is 0 Å². The van der Waals surface area contributed by atoms with E-state index < -0.39 is 156 Å². The maximum atomic E-state index is 15.6. The monoisotopic (exact) mass is 1480 g/mol. The number of benzene rings is 2. The molecule has 2 saturated heterocycles. The smallest absolute Gasteiger partial charge is 0.248 e. The second kappa shape index (κ2) is 41.8. The number of nitrogens with zero attached hydrogens (tertiary/aromatic N) is 8. The van der Waals surface area contributed by atoms with Gasteiger partial charge in [-0.2, -0.15) is 0 Å². The first kappa shape index (κ1) is 90.2. The summed E-state index contributed by atoms with van der Waals surface area (Å²) in [4.78, 5) is 191. The fraction of sp³-hybridized carbons (Fsp3) is 0.696. The van der Waals surface area contributed by atoms with Crippen molar-refractivity contribution in [1.82, 2.24) is 60.5 Å². The highest BCUT2D eigenvalue weighted by molar-refractivity contribution is 6.00. The standard InChI is InChI=1S/C79H128N12O15/c1-48(2)39-60-69(96)80-57(44-55-32-34-56(93)35-33-55)73(100)89(20)64(42-51(7)8)76(103)88(19)63(45-54-29-24-22-25-30-54)71(98)82-59(47-106-79(12,13)14)74(101)86(17)62(41-50(5)6)72(99)83-68(53(11)92)78(105)90(21)65(43-52(9)10)77(104)87(18)61(40-49(3)4)70(97)81-58(75(102)91-37-26-23-27-38-91)46-67(95)84(15)36-28-31-66(94)85(60)16/h22,24-25,29-30,32-35,48-53,57-65,68,92-93H,23,26-28,31,36-47H2,1-21H3,(H,80,96)(H,81,97)(H,82,98)(H,83,99)/t53-,57+,58+,59+,60+,61+,62+,63+,64+,65+,68+/m1/s1. The average molecular weight is 1490 g/mol. The molecule has 0 bridgehead atoms. The number of phenols is 1. The van der Waals surface area contributed by atoms with Crippen LogP contribution in [0.3, 0.4) is 0 Å². The van der Waals surface area contributed by atoms with Crippen LogP contribution in [0.1, 0.15) is 179 Å². The van der Waals surface area contributed by atoms with Crippen molar-refractivity contribution in [1.29, 1.82) is 0 Å². The van der Waals surface area contributed by atoms with Gasteiger partial charge in [0, 0.05) is 88.2 Å². The SMILES string of the molecule is CC(C)C[C@H]1C(=O)N[C@@H](Cc2ccc(O)cc2)C(=O)N(C)[C@@H](CC(C)C)C(=O)N(C)[C@@H](Cc2ccccc2)C(=O)N[C@@H](COC(C)(C)C)C(=O)N(C)[C@@H](CC(C)C)C(=O)N[C@@H]([C@@H](C)O)C(=O)N(C)[C@@H](CC(C)C)C(=O)N(C)[C@@H](CC(C)C)C(=O)N[C@H](C(=O)N2CCCCC2)CC(=O)N(C)CCCC(=O)N1C. The lowest BCUT2D eigenvalue weighted by Crippen LogP contribution is -2.63. The Morgan fingerprint density at radius 2 is 0.858 bits per heavy atom. The molecule has 0 aliphatic carbocycles. The summed E-state index contributed by atoms with van der Waals surface area (Å²) in [6.45, 7) is 25.4. The first-order chi connectivity index (χ1) is 49.5. The van der Waals surface area contributed by atoms with Crippen LogP contribution in [0.25, 0.3) is 0 Å². The number of likely N-dealkylation sites (tertiary alicyclic amines) is 1. The molecule has 4 rings (SSSR count). The first-order valence-corrected chi connectivity index (χ1v) is 37.9. The fourth-order valence-corrected chi connectivity index (χ4v) is 13.4. The van der Waals surface area contributed by atoms with Crippen molar-refractivity contribution in [3.63, 3.8) is 0 Å². The van der Waals surface area contributed by atoms with Gasteiger partial charge >= 0.3 is 0 Å². The van der Waals surface area contributed by atoms with Crippen molar-refractivity contribution < 1.29 is 72.5 Å². The van der Waals surface area contributed by atoms with Crippen molar-refractivity contribution in [3.05, 3.63) is 65.7 Å². The van der Waals surface area contributed by atoms with E-state index in [0.717, 1.165) is 16.2 Å². The molecule has 0 unspecified atom stereocenters. The lowest BCUT2D eigenvalue weighted by Gasteiger charge is -2.38. The summed E-state index contributed by atoms with van der Waals surface area (Å²) in [5, 5.41) is 33.2. The number of amides is 12. The summed E-state index contributed by atoms with van der Waals surface area (Å²) in [6.07, 6.45) is 0.357. The number of carbonyl (C=O) groups excluding carboxylic acids is 12. The summed E-state index contributed by atoms with van der Waals surface area (Å²) in [7, 11) is 10.0.